The Morgan fingerprint density at radius 3 is 2.71 bits per heavy atom. The van der Waals surface area contributed by atoms with E-state index in [1.54, 1.807) is 24.3 Å². The van der Waals surface area contributed by atoms with E-state index in [2.05, 4.69) is 0 Å². The highest BCUT2D eigenvalue weighted by atomic mass is 32.2. The largest absolute Gasteiger partial charge is 0.370 e. The summed E-state index contributed by atoms with van der Waals surface area (Å²) in [5, 5.41) is 9.07. The Morgan fingerprint density at radius 2 is 2.10 bits per heavy atom. The maximum atomic E-state index is 12.6. The van der Waals surface area contributed by atoms with Gasteiger partial charge >= 0.3 is 0 Å². The van der Waals surface area contributed by atoms with Gasteiger partial charge in [0.25, 0.3) is 0 Å². The second-order valence-corrected chi connectivity index (χ2v) is 7.97. The van der Waals surface area contributed by atoms with Crippen molar-refractivity contribution in [1.82, 2.24) is 4.31 Å². The molecule has 0 saturated carbocycles. The summed E-state index contributed by atoms with van der Waals surface area (Å²) in [6.45, 7) is 6.31. The Hall–Kier alpha value is -1.42. The maximum Gasteiger partial charge on any atom is 0.218 e. The fourth-order valence-electron chi connectivity index (χ4n) is 2.65. The number of sulfonamides is 1. The predicted molar refractivity (Wildman–Crippen MR) is 80.0 cm³/mol. The third-order valence-corrected chi connectivity index (χ3v) is 5.15. The lowest BCUT2D eigenvalue weighted by Gasteiger charge is -2.40. The fourth-order valence-corrected chi connectivity index (χ4v) is 4.42. The van der Waals surface area contributed by atoms with Gasteiger partial charge in [-0.1, -0.05) is 18.2 Å². The summed E-state index contributed by atoms with van der Waals surface area (Å²) in [5.74, 6) is -0.153. The number of nitrogens with zero attached hydrogens (tertiary/aromatic N) is 2. The van der Waals surface area contributed by atoms with E-state index in [0.29, 0.717) is 24.2 Å². The zero-order valence-corrected chi connectivity index (χ0v) is 13.4. The lowest BCUT2D eigenvalue weighted by molar-refractivity contribution is -0.109. The van der Waals surface area contributed by atoms with Crippen molar-refractivity contribution in [2.24, 2.45) is 0 Å². The molecule has 5 nitrogen and oxygen atoms in total. The number of hydrogen-bond donors (Lipinski definition) is 0. The third kappa shape index (κ3) is 3.82. The average Bonchev–Trinajstić information content (AvgIpc) is 2.36. The molecule has 1 saturated heterocycles. The number of ether oxygens (including phenoxy) is 1. The van der Waals surface area contributed by atoms with Crippen molar-refractivity contribution in [2.45, 2.75) is 38.2 Å². The summed E-state index contributed by atoms with van der Waals surface area (Å²) in [7, 11) is -3.47. The van der Waals surface area contributed by atoms with Gasteiger partial charge in [-0.25, -0.2) is 8.42 Å². The monoisotopic (exact) mass is 308 g/mol. The highest BCUT2D eigenvalue weighted by Gasteiger charge is 2.37. The molecule has 0 radical (unpaired) electrons. The minimum absolute atomic E-state index is 0.144. The van der Waals surface area contributed by atoms with Crippen LogP contribution in [0.3, 0.4) is 0 Å². The van der Waals surface area contributed by atoms with Gasteiger partial charge in [-0.15, -0.1) is 0 Å². The molecule has 0 N–H and O–H groups in total. The van der Waals surface area contributed by atoms with Crippen LogP contribution < -0.4 is 0 Å². The molecule has 1 fully saturated rings. The molecule has 0 spiro atoms. The third-order valence-electron chi connectivity index (χ3n) is 3.41. The van der Waals surface area contributed by atoms with Gasteiger partial charge in [0.1, 0.15) is 0 Å². The molecule has 1 aromatic rings. The summed E-state index contributed by atoms with van der Waals surface area (Å²) in [6, 6.07) is 8.84. The van der Waals surface area contributed by atoms with Crippen LogP contribution in [-0.4, -0.2) is 37.5 Å². The Kier molecular flexibility index (Phi) is 4.38. The van der Waals surface area contributed by atoms with Gasteiger partial charge in [-0.2, -0.15) is 9.57 Å². The van der Waals surface area contributed by atoms with Crippen LogP contribution in [0, 0.1) is 11.3 Å². The lowest BCUT2D eigenvalue weighted by Crippen LogP contribution is -2.53. The molecular weight excluding hydrogens is 288 g/mol. The van der Waals surface area contributed by atoms with Crippen molar-refractivity contribution in [2.75, 3.05) is 13.1 Å². The topological polar surface area (TPSA) is 70.4 Å². The Balaban J connectivity index is 2.24. The molecule has 1 aromatic carbocycles. The van der Waals surface area contributed by atoms with Crippen LogP contribution in [0.15, 0.2) is 24.3 Å². The van der Waals surface area contributed by atoms with E-state index >= 15 is 0 Å². The number of rotatable bonds is 3. The number of benzene rings is 1. The van der Waals surface area contributed by atoms with Gasteiger partial charge in [0.2, 0.25) is 10.0 Å². The highest BCUT2D eigenvalue weighted by Crippen LogP contribution is 2.25. The van der Waals surface area contributed by atoms with E-state index < -0.39 is 15.6 Å². The van der Waals surface area contributed by atoms with Gasteiger partial charge in [0.15, 0.2) is 0 Å². The van der Waals surface area contributed by atoms with E-state index in [1.165, 1.54) is 4.31 Å². The van der Waals surface area contributed by atoms with E-state index in [-0.39, 0.29) is 11.9 Å². The van der Waals surface area contributed by atoms with Gasteiger partial charge in [-0.05, 0) is 32.4 Å². The van der Waals surface area contributed by atoms with Crippen LogP contribution in [0.2, 0.25) is 0 Å². The molecule has 1 atom stereocenters. The SMILES string of the molecule is CC1CN(S(=O)(=O)Cc2ccccc2C#N)CC(C)(C)O1. The summed E-state index contributed by atoms with van der Waals surface area (Å²) in [5.41, 5.74) is 0.443. The summed E-state index contributed by atoms with van der Waals surface area (Å²) in [6.07, 6.45) is -0.144. The predicted octanol–water partition coefficient (Wildman–Crippen LogP) is 1.89. The molecule has 1 aliphatic rings. The van der Waals surface area contributed by atoms with Crippen LogP contribution >= 0.6 is 0 Å². The second-order valence-electron chi connectivity index (χ2n) is 6.01. The van der Waals surface area contributed by atoms with Crippen molar-refractivity contribution in [3.05, 3.63) is 35.4 Å². The summed E-state index contributed by atoms with van der Waals surface area (Å²) < 4.78 is 32.4. The molecule has 1 heterocycles. The van der Waals surface area contributed by atoms with Gasteiger partial charge < -0.3 is 4.74 Å². The quantitative estimate of drug-likeness (QED) is 0.855. The van der Waals surface area contributed by atoms with Crippen LogP contribution in [0.1, 0.15) is 31.9 Å². The Labute approximate surface area is 126 Å². The van der Waals surface area contributed by atoms with Crippen molar-refractivity contribution in [3.63, 3.8) is 0 Å². The molecule has 0 aliphatic carbocycles. The lowest BCUT2D eigenvalue weighted by atomic mass is 10.1. The van der Waals surface area contributed by atoms with Crippen LogP contribution in [0.4, 0.5) is 0 Å². The molecule has 114 valence electrons. The zero-order chi connectivity index (χ0) is 15.7. The molecule has 2 rings (SSSR count). The standard InChI is InChI=1S/C15H20N2O3S/c1-12-9-17(11-15(2,3)20-12)21(18,19)10-14-7-5-4-6-13(14)8-16/h4-7,12H,9-11H2,1-3H3. The minimum Gasteiger partial charge on any atom is -0.370 e. The van der Waals surface area contributed by atoms with E-state index in [9.17, 15) is 8.42 Å². The van der Waals surface area contributed by atoms with E-state index in [1.807, 2.05) is 26.8 Å². The summed E-state index contributed by atoms with van der Waals surface area (Å²) in [4.78, 5) is 0. The number of hydrogen-bond acceptors (Lipinski definition) is 4. The van der Waals surface area contributed by atoms with Crippen LogP contribution in [0.25, 0.3) is 0 Å². The first-order chi connectivity index (χ1) is 9.73. The summed E-state index contributed by atoms with van der Waals surface area (Å²) >= 11 is 0. The normalized spacial score (nSPS) is 22.7. The van der Waals surface area contributed by atoms with Gasteiger partial charge in [0.05, 0.1) is 29.1 Å². The molecule has 0 aromatic heterocycles. The molecule has 1 unspecified atom stereocenters. The van der Waals surface area contributed by atoms with Crippen molar-refractivity contribution < 1.29 is 13.2 Å². The van der Waals surface area contributed by atoms with Crippen molar-refractivity contribution in [1.29, 1.82) is 5.26 Å². The molecule has 0 amide bonds. The minimum atomic E-state index is -3.47. The maximum absolute atomic E-state index is 12.6. The van der Waals surface area contributed by atoms with Crippen LogP contribution in [0.5, 0.6) is 0 Å². The average molecular weight is 308 g/mol. The van der Waals surface area contributed by atoms with Gasteiger partial charge in [-0.3, -0.25) is 0 Å². The first-order valence-corrected chi connectivity index (χ1v) is 8.48. The van der Waals surface area contributed by atoms with Crippen molar-refractivity contribution >= 4 is 10.0 Å². The smallest absolute Gasteiger partial charge is 0.218 e. The zero-order valence-electron chi connectivity index (χ0n) is 12.5. The first kappa shape index (κ1) is 16.0. The molecule has 21 heavy (non-hydrogen) atoms. The molecule has 6 heteroatoms. The molecular formula is C15H20N2O3S. The Morgan fingerprint density at radius 1 is 1.43 bits per heavy atom. The van der Waals surface area contributed by atoms with Crippen molar-refractivity contribution in [3.8, 4) is 6.07 Å². The fraction of sp³-hybridized carbons (Fsp3) is 0.533. The van der Waals surface area contributed by atoms with E-state index in [4.69, 9.17) is 10.00 Å². The highest BCUT2D eigenvalue weighted by molar-refractivity contribution is 7.88. The first-order valence-electron chi connectivity index (χ1n) is 6.87. The van der Waals surface area contributed by atoms with E-state index in [0.717, 1.165) is 0 Å². The van der Waals surface area contributed by atoms with Crippen LogP contribution in [-0.2, 0) is 20.5 Å². The number of nitriles is 1. The second kappa shape index (κ2) is 5.76. The molecule has 0 bridgehead atoms. The number of morpholine rings is 1. The van der Waals surface area contributed by atoms with Gasteiger partial charge in [0, 0.05) is 13.1 Å². The molecule has 1 aliphatic heterocycles. The Bertz CT molecular complexity index is 662.